The zero-order valence-corrected chi connectivity index (χ0v) is 15.0. The topological polar surface area (TPSA) is 84.7 Å². The summed E-state index contributed by atoms with van der Waals surface area (Å²) in [4.78, 5) is 20.0. The van der Waals surface area contributed by atoms with E-state index in [0.29, 0.717) is 11.9 Å². The zero-order valence-electron chi connectivity index (χ0n) is 15.0. The van der Waals surface area contributed by atoms with Crippen LogP contribution in [0, 0.1) is 6.92 Å². The molecule has 3 aromatic rings. The highest BCUT2D eigenvalue weighted by atomic mass is 15.3. The van der Waals surface area contributed by atoms with Crippen molar-refractivity contribution in [2.75, 3.05) is 11.9 Å². The predicted molar refractivity (Wildman–Crippen MR) is 97.7 cm³/mol. The summed E-state index contributed by atoms with van der Waals surface area (Å²) in [5, 5.41) is 7.49. The van der Waals surface area contributed by atoms with Gasteiger partial charge in [0.1, 0.15) is 17.5 Å². The van der Waals surface area contributed by atoms with Gasteiger partial charge in [0.2, 0.25) is 0 Å². The smallest absolute Gasteiger partial charge is 0.150 e. The molecule has 0 saturated carbocycles. The minimum Gasteiger partial charge on any atom is -0.324 e. The van der Waals surface area contributed by atoms with Crippen LogP contribution in [0.2, 0.25) is 0 Å². The number of likely N-dealkylation sites (tertiary alicyclic amines) is 1. The van der Waals surface area contributed by atoms with E-state index < -0.39 is 0 Å². The van der Waals surface area contributed by atoms with Crippen LogP contribution in [0.15, 0.2) is 37.1 Å². The molecule has 1 N–H and O–H groups in total. The molecule has 1 saturated heterocycles. The van der Waals surface area contributed by atoms with Gasteiger partial charge in [-0.15, -0.1) is 0 Å². The first kappa shape index (κ1) is 16.6. The highest BCUT2D eigenvalue weighted by Gasteiger charge is 2.28. The van der Waals surface area contributed by atoms with Crippen molar-refractivity contribution in [1.29, 1.82) is 0 Å². The molecular weight excluding hydrogens is 328 g/mol. The molecule has 134 valence electrons. The van der Waals surface area contributed by atoms with Gasteiger partial charge in [0.25, 0.3) is 0 Å². The highest BCUT2D eigenvalue weighted by molar-refractivity contribution is 5.50. The Balaban J connectivity index is 1.55. The third-order valence-corrected chi connectivity index (χ3v) is 4.53. The van der Waals surface area contributed by atoms with Crippen molar-refractivity contribution >= 4 is 11.6 Å². The van der Waals surface area contributed by atoms with Gasteiger partial charge in [-0.25, -0.2) is 15.0 Å². The number of aryl methyl sites for hydroxylation is 2. The van der Waals surface area contributed by atoms with Gasteiger partial charge in [-0.2, -0.15) is 5.10 Å². The quantitative estimate of drug-likeness (QED) is 0.756. The summed E-state index contributed by atoms with van der Waals surface area (Å²) in [6.07, 6.45) is 11.3. The maximum atomic E-state index is 4.70. The summed E-state index contributed by atoms with van der Waals surface area (Å²) in [7, 11) is 1.95. The average Bonchev–Trinajstić information content (AvgIpc) is 3.24. The van der Waals surface area contributed by atoms with Crippen molar-refractivity contribution in [3.8, 4) is 0 Å². The molecule has 4 rings (SSSR count). The first-order valence-electron chi connectivity index (χ1n) is 8.77. The van der Waals surface area contributed by atoms with Crippen molar-refractivity contribution in [2.45, 2.75) is 32.4 Å². The van der Waals surface area contributed by atoms with Crippen LogP contribution in [0.5, 0.6) is 0 Å². The van der Waals surface area contributed by atoms with E-state index in [9.17, 15) is 0 Å². The van der Waals surface area contributed by atoms with Crippen LogP contribution in [0.3, 0.4) is 0 Å². The molecule has 0 amide bonds. The van der Waals surface area contributed by atoms with Crippen molar-refractivity contribution in [3.05, 3.63) is 54.1 Å². The van der Waals surface area contributed by atoms with Crippen LogP contribution in [0.1, 0.15) is 36.0 Å². The van der Waals surface area contributed by atoms with Gasteiger partial charge in [0.15, 0.2) is 0 Å². The normalized spacial score (nSPS) is 17.5. The highest BCUT2D eigenvalue weighted by Crippen LogP contribution is 2.33. The lowest BCUT2D eigenvalue weighted by atomic mass is 10.1. The summed E-state index contributed by atoms with van der Waals surface area (Å²) in [5.41, 5.74) is 2.27. The van der Waals surface area contributed by atoms with E-state index in [4.69, 9.17) is 4.98 Å². The molecule has 0 bridgehead atoms. The maximum absolute atomic E-state index is 4.70. The number of hydrogen-bond acceptors (Lipinski definition) is 7. The van der Waals surface area contributed by atoms with Crippen LogP contribution in [0.4, 0.5) is 11.6 Å². The van der Waals surface area contributed by atoms with Gasteiger partial charge < -0.3 is 5.32 Å². The molecule has 0 aromatic carbocycles. The van der Waals surface area contributed by atoms with Crippen molar-refractivity contribution in [2.24, 2.45) is 7.05 Å². The van der Waals surface area contributed by atoms with Gasteiger partial charge in [0, 0.05) is 43.8 Å². The second-order valence-electron chi connectivity index (χ2n) is 6.59. The van der Waals surface area contributed by atoms with Gasteiger partial charge in [-0.3, -0.25) is 14.6 Å². The van der Waals surface area contributed by atoms with Crippen molar-refractivity contribution < 1.29 is 0 Å². The summed E-state index contributed by atoms with van der Waals surface area (Å²) >= 11 is 0. The third-order valence-electron chi connectivity index (χ3n) is 4.53. The van der Waals surface area contributed by atoms with Crippen LogP contribution in [-0.2, 0) is 13.6 Å². The minimum absolute atomic E-state index is 0.291. The van der Waals surface area contributed by atoms with E-state index in [1.807, 2.05) is 30.9 Å². The number of hydrogen-bond donors (Lipinski definition) is 1. The number of nitrogens with zero attached hydrogens (tertiary/aromatic N) is 7. The lowest BCUT2D eigenvalue weighted by molar-refractivity contribution is 0.244. The monoisotopic (exact) mass is 350 g/mol. The van der Waals surface area contributed by atoms with E-state index in [0.717, 1.165) is 36.8 Å². The number of anilines is 2. The molecule has 1 aliphatic rings. The number of nitrogens with one attached hydrogen (secondary N) is 1. The molecule has 3 aromatic heterocycles. The molecule has 26 heavy (non-hydrogen) atoms. The fourth-order valence-electron chi connectivity index (χ4n) is 3.46. The standard InChI is InChI=1S/C18H22N8/c1-13-22-15(8-17(23-13)24-18-10-19-5-6-20-18)16-4-3-7-26(16)12-14-9-21-25(2)11-14/h5-6,8-11,16H,3-4,7,12H2,1-2H3,(H,20,22,23,24). The summed E-state index contributed by atoms with van der Waals surface area (Å²) in [5.74, 6) is 2.18. The fraction of sp³-hybridized carbons (Fsp3) is 0.389. The average molecular weight is 350 g/mol. The van der Waals surface area contributed by atoms with Crippen LogP contribution < -0.4 is 5.32 Å². The Kier molecular flexibility index (Phi) is 4.57. The van der Waals surface area contributed by atoms with Gasteiger partial charge in [0.05, 0.1) is 24.1 Å². The molecule has 0 spiro atoms. The van der Waals surface area contributed by atoms with Gasteiger partial charge >= 0.3 is 0 Å². The molecule has 0 radical (unpaired) electrons. The maximum Gasteiger partial charge on any atom is 0.150 e. The number of aromatic nitrogens is 6. The molecule has 1 unspecified atom stereocenters. The van der Waals surface area contributed by atoms with E-state index in [1.54, 1.807) is 18.6 Å². The van der Waals surface area contributed by atoms with Crippen LogP contribution >= 0.6 is 0 Å². The minimum atomic E-state index is 0.291. The van der Waals surface area contributed by atoms with E-state index in [1.165, 1.54) is 12.0 Å². The molecule has 1 atom stereocenters. The largest absolute Gasteiger partial charge is 0.324 e. The van der Waals surface area contributed by atoms with Gasteiger partial charge in [-0.05, 0) is 26.3 Å². The second-order valence-corrected chi connectivity index (χ2v) is 6.59. The van der Waals surface area contributed by atoms with E-state index in [-0.39, 0.29) is 0 Å². The predicted octanol–water partition coefficient (Wildman–Crippen LogP) is 2.39. The Morgan fingerprint density at radius 1 is 1.19 bits per heavy atom. The molecule has 1 fully saturated rings. The molecule has 1 aliphatic heterocycles. The molecule has 4 heterocycles. The lowest BCUT2D eigenvalue weighted by Crippen LogP contribution is -2.23. The zero-order chi connectivity index (χ0) is 17.9. The Morgan fingerprint density at radius 2 is 2.12 bits per heavy atom. The van der Waals surface area contributed by atoms with Crippen LogP contribution in [-0.4, -0.2) is 41.2 Å². The Bertz CT molecular complexity index is 876. The van der Waals surface area contributed by atoms with Crippen molar-refractivity contribution in [1.82, 2.24) is 34.6 Å². The SMILES string of the molecule is Cc1nc(Nc2cnccn2)cc(C2CCCN2Cc2cnn(C)c2)n1. The summed E-state index contributed by atoms with van der Waals surface area (Å²) in [6, 6.07) is 2.31. The Labute approximate surface area is 152 Å². The Hall–Kier alpha value is -2.87. The van der Waals surface area contributed by atoms with Crippen molar-refractivity contribution in [3.63, 3.8) is 0 Å². The lowest BCUT2D eigenvalue weighted by Gasteiger charge is -2.24. The first-order chi connectivity index (χ1) is 12.7. The molecule has 0 aliphatic carbocycles. The first-order valence-corrected chi connectivity index (χ1v) is 8.77. The van der Waals surface area contributed by atoms with Gasteiger partial charge in [-0.1, -0.05) is 0 Å². The molecule has 8 heteroatoms. The second kappa shape index (κ2) is 7.17. The van der Waals surface area contributed by atoms with E-state index in [2.05, 4.69) is 36.5 Å². The Morgan fingerprint density at radius 3 is 2.88 bits per heavy atom. The third kappa shape index (κ3) is 3.70. The fourth-order valence-corrected chi connectivity index (χ4v) is 3.46. The molecule has 8 nitrogen and oxygen atoms in total. The molecular formula is C18H22N8. The van der Waals surface area contributed by atoms with E-state index >= 15 is 0 Å². The summed E-state index contributed by atoms with van der Waals surface area (Å²) < 4.78 is 1.85. The van der Waals surface area contributed by atoms with Crippen LogP contribution in [0.25, 0.3) is 0 Å². The number of rotatable bonds is 5. The summed E-state index contributed by atoms with van der Waals surface area (Å²) in [6.45, 7) is 3.87.